The molecule has 0 spiro atoms. The van der Waals surface area contributed by atoms with Gasteiger partial charge < -0.3 is 10.6 Å². The number of carbonyl (C=O) groups is 1. The highest BCUT2D eigenvalue weighted by Gasteiger charge is 2.20. The highest BCUT2D eigenvalue weighted by Crippen LogP contribution is 2.21. The number of hydrogen-bond acceptors (Lipinski definition) is 3. The Bertz CT molecular complexity index is 489. The summed E-state index contributed by atoms with van der Waals surface area (Å²) >= 11 is 5.91. The van der Waals surface area contributed by atoms with Crippen LogP contribution in [0.1, 0.15) is 18.4 Å². The van der Waals surface area contributed by atoms with E-state index in [2.05, 4.69) is 10.6 Å². The van der Waals surface area contributed by atoms with Crippen molar-refractivity contribution in [3.8, 4) is 6.07 Å². The second kappa shape index (κ2) is 5.85. The van der Waals surface area contributed by atoms with Crippen LogP contribution in [-0.2, 0) is 4.79 Å². The summed E-state index contributed by atoms with van der Waals surface area (Å²) in [6.07, 6.45) is 1.93. The molecular formula is C13H14ClN3O. The van der Waals surface area contributed by atoms with Gasteiger partial charge in [-0.05, 0) is 37.6 Å². The summed E-state index contributed by atoms with van der Waals surface area (Å²) in [5.41, 5.74) is 1.04. The van der Waals surface area contributed by atoms with Gasteiger partial charge in [0, 0.05) is 12.2 Å². The molecule has 1 amide bonds. The van der Waals surface area contributed by atoms with E-state index >= 15 is 0 Å². The molecule has 1 aliphatic rings. The summed E-state index contributed by atoms with van der Waals surface area (Å²) in [5.74, 6) is 0.0103. The van der Waals surface area contributed by atoms with Crippen molar-refractivity contribution in [3.63, 3.8) is 0 Å². The maximum absolute atomic E-state index is 12.0. The van der Waals surface area contributed by atoms with Crippen molar-refractivity contribution in [3.05, 3.63) is 28.8 Å². The molecule has 0 saturated carbocycles. The second-order valence-electron chi connectivity index (χ2n) is 4.34. The smallest absolute Gasteiger partial charge is 0.228 e. The van der Waals surface area contributed by atoms with E-state index in [1.165, 1.54) is 0 Å². The zero-order valence-electron chi connectivity index (χ0n) is 9.87. The molecule has 2 N–H and O–H groups in total. The minimum Gasteiger partial charge on any atom is -0.326 e. The normalized spacial score (nSPS) is 19.0. The predicted molar refractivity (Wildman–Crippen MR) is 70.4 cm³/mol. The third kappa shape index (κ3) is 3.00. The Morgan fingerprint density at radius 2 is 2.39 bits per heavy atom. The number of benzene rings is 1. The van der Waals surface area contributed by atoms with Crippen LogP contribution in [0.2, 0.25) is 5.02 Å². The molecule has 1 atom stereocenters. The van der Waals surface area contributed by atoms with Gasteiger partial charge in [-0.2, -0.15) is 5.26 Å². The van der Waals surface area contributed by atoms with Crippen LogP contribution < -0.4 is 10.6 Å². The topological polar surface area (TPSA) is 64.9 Å². The van der Waals surface area contributed by atoms with E-state index in [1.54, 1.807) is 18.2 Å². The summed E-state index contributed by atoms with van der Waals surface area (Å²) in [7, 11) is 0. The third-order valence-corrected chi connectivity index (χ3v) is 3.34. The molecule has 1 heterocycles. The van der Waals surface area contributed by atoms with Gasteiger partial charge in [0.2, 0.25) is 5.91 Å². The number of nitriles is 1. The van der Waals surface area contributed by atoms with Gasteiger partial charge in [0.1, 0.15) is 6.07 Å². The largest absolute Gasteiger partial charge is 0.326 e. The standard InChI is InChI=1S/C13H14ClN3O/c14-12-6-11(4-3-9(12)7-15)17-13(18)10-2-1-5-16-8-10/h3-4,6,10,16H,1-2,5,8H2,(H,17,18). The highest BCUT2D eigenvalue weighted by atomic mass is 35.5. The quantitative estimate of drug-likeness (QED) is 0.859. The zero-order chi connectivity index (χ0) is 13.0. The Labute approximate surface area is 111 Å². The molecule has 0 aromatic heterocycles. The second-order valence-corrected chi connectivity index (χ2v) is 4.75. The van der Waals surface area contributed by atoms with Crippen LogP contribution in [-0.4, -0.2) is 19.0 Å². The average Bonchev–Trinajstić information content (AvgIpc) is 2.40. The van der Waals surface area contributed by atoms with Gasteiger partial charge in [-0.3, -0.25) is 4.79 Å². The fraction of sp³-hybridized carbons (Fsp3) is 0.385. The van der Waals surface area contributed by atoms with Crippen LogP contribution in [0.3, 0.4) is 0 Å². The van der Waals surface area contributed by atoms with Crippen LogP contribution in [0.25, 0.3) is 0 Å². The SMILES string of the molecule is N#Cc1ccc(NC(=O)C2CCCNC2)cc1Cl. The van der Waals surface area contributed by atoms with Crippen molar-refractivity contribution in [2.24, 2.45) is 5.92 Å². The molecule has 1 fully saturated rings. The molecule has 4 nitrogen and oxygen atoms in total. The van der Waals surface area contributed by atoms with E-state index in [1.807, 2.05) is 6.07 Å². The van der Waals surface area contributed by atoms with E-state index in [-0.39, 0.29) is 11.8 Å². The Kier molecular flexibility index (Phi) is 4.19. The van der Waals surface area contributed by atoms with Crippen molar-refractivity contribution < 1.29 is 4.79 Å². The molecule has 1 aromatic carbocycles. The monoisotopic (exact) mass is 263 g/mol. The first-order valence-corrected chi connectivity index (χ1v) is 6.29. The third-order valence-electron chi connectivity index (χ3n) is 3.02. The number of nitrogens with one attached hydrogen (secondary N) is 2. The minimum absolute atomic E-state index is 0.00275. The lowest BCUT2D eigenvalue weighted by molar-refractivity contribution is -0.120. The first-order chi connectivity index (χ1) is 8.70. The van der Waals surface area contributed by atoms with Crippen LogP contribution >= 0.6 is 11.6 Å². The number of nitrogens with zero attached hydrogens (tertiary/aromatic N) is 1. The number of rotatable bonds is 2. The number of hydrogen-bond donors (Lipinski definition) is 2. The van der Waals surface area contributed by atoms with Gasteiger partial charge in [-0.15, -0.1) is 0 Å². The molecular weight excluding hydrogens is 250 g/mol. The molecule has 5 heteroatoms. The molecule has 94 valence electrons. The van der Waals surface area contributed by atoms with Gasteiger partial charge in [-0.1, -0.05) is 11.6 Å². The number of anilines is 1. The highest BCUT2D eigenvalue weighted by molar-refractivity contribution is 6.32. The van der Waals surface area contributed by atoms with E-state index in [4.69, 9.17) is 16.9 Å². The molecule has 0 radical (unpaired) electrons. The van der Waals surface area contributed by atoms with Gasteiger partial charge >= 0.3 is 0 Å². The molecule has 1 unspecified atom stereocenters. The maximum Gasteiger partial charge on any atom is 0.228 e. The number of carbonyl (C=O) groups excluding carboxylic acids is 1. The Balaban J connectivity index is 2.02. The van der Waals surface area contributed by atoms with Gasteiger partial charge in [0.05, 0.1) is 16.5 Å². The van der Waals surface area contributed by atoms with Crippen molar-refractivity contribution in [2.45, 2.75) is 12.8 Å². The van der Waals surface area contributed by atoms with Crippen LogP contribution in [0.5, 0.6) is 0 Å². The number of piperidine rings is 1. The van der Waals surface area contributed by atoms with Crippen LogP contribution in [0.4, 0.5) is 5.69 Å². The van der Waals surface area contributed by atoms with Crippen molar-refractivity contribution in [1.82, 2.24) is 5.32 Å². The lowest BCUT2D eigenvalue weighted by atomic mass is 9.99. The van der Waals surface area contributed by atoms with Gasteiger partial charge in [-0.25, -0.2) is 0 Å². The van der Waals surface area contributed by atoms with Crippen LogP contribution in [0.15, 0.2) is 18.2 Å². The van der Waals surface area contributed by atoms with Gasteiger partial charge in [0.25, 0.3) is 0 Å². The molecule has 1 saturated heterocycles. The van der Waals surface area contributed by atoms with E-state index in [9.17, 15) is 4.79 Å². The Morgan fingerprint density at radius 1 is 1.56 bits per heavy atom. The minimum atomic E-state index is 0.00275. The maximum atomic E-state index is 12.0. The molecule has 2 rings (SSSR count). The predicted octanol–water partition coefficient (Wildman–Crippen LogP) is 2.15. The number of halogens is 1. The summed E-state index contributed by atoms with van der Waals surface area (Å²) in [6.45, 7) is 1.70. The summed E-state index contributed by atoms with van der Waals surface area (Å²) < 4.78 is 0. The average molecular weight is 264 g/mol. The summed E-state index contributed by atoms with van der Waals surface area (Å²) in [5, 5.41) is 15.2. The van der Waals surface area contributed by atoms with Crippen molar-refractivity contribution >= 4 is 23.2 Å². The molecule has 0 bridgehead atoms. The Morgan fingerprint density at radius 3 is 3.00 bits per heavy atom. The lowest BCUT2D eigenvalue weighted by Gasteiger charge is -2.21. The fourth-order valence-corrected chi connectivity index (χ4v) is 2.23. The first kappa shape index (κ1) is 12.9. The fourth-order valence-electron chi connectivity index (χ4n) is 2.00. The zero-order valence-corrected chi connectivity index (χ0v) is 10.6. The van der Waals surface area contributed by atoms with E-state index in [0.717, 1.165) is 25.9 Å². The van der Waals surface area contributed by atoms with Crippen molar-refractivity contribution in [1.29, 1.82) is 5.26 Å². The summed E-state index contributed by atoms with van der Waals surface area (Å²) in [6, 6.07) is 6.89. The molecule has 0 aliphatic carbocycles. The van der Waals surface area contributed by atoms with E-state index in [0.29, 0.717) is 16.3 Å². The van der Waals surface area contributed by atoms with Crippen LogP contribution in [0, 0.1) is 17.2 Å². The van der Waals surface area contributed by atoms with Crippen molar-refractivity contribution in [2.75, 3.05) is 18.4 Å². The number of amides is 1. The summed E-state index contributed by atoms with van der Waals surface area (Å²) in [4.78, 5) is 12.0. The first-order valence-electron chi connectivity index (χ1n) is 5.92. The van der Waals surface area contributed by atoms with E-state index < -0.39 is 0 Å². The molecule has 1 aromatic rings. The molecule has 18 heavy (non-hydrogen) atoms. The van der Waals surface area contributed by atoms with Gasteiger partial charge in [0.15, 0.2) is 0 Å². The lowest BCUT2D eigenvalue weighted by Crippen LogP contribution is -2.37. The Hall–Kier alpha value is -1.57. The molecule has 1 aliphatic heterocycles.